The van der Waals surface area contributed by atoms with Gasteiger partial charge in [-0.25, -0.2) is 0 Å². The summed E-state index contributed by atoms with van der Waals surface area (Å²) in [4.78, 5) is 0. The van der Waals surface area contributed by atoms with Crippen LogP contribution in [-0.4, -0.2) is 0 Å². The van der Waals surface area contributed by atoms with E-state index in [0.29, 0.717) is 0 Å². The topological polar surface area (TPSA) is 0 Å². The van der Waals surface area contributed by atoms with E-state index < -0.39 is 0 Å². The van der Waals surface area contributed by atoms with E-state index in [-0.39, 0.29) is 0 Å². The fourth-order valence-corrected chi connectivity index (χ4v) is 1.05. The molecule has 0 aromatic rings. The smallest absolute Gasteiger partial charge is 0.0202 e. The average molecular weight is 152 g/mol. The quantitative estimate of drug-likeness (QED) is 0.506. The van der Waals surface area contributed by atoms with E-state index in [1.54, 1.807) is 0 Å². The highest BCUT2D eigenvalue weighted by molar-refractivity contribution is 4.90. The van der Waals surface area contributed by atoms with Gasteiger partial charge in [0.1, 0.15) is 0 Å². The predicted molar refractivity (Wildman–Crippen MR) is 52.6 cm³/mol. The third kappa shape index (κ3) is 5.90. The lowest BCUT2D eigenvalue weighted by Crippen LogP contribution is -1.90. The third-order valence-electron chi connectivity index (χ3n) is 1.86. The van der Waals surface area contributed by atoms with Gasteiger partial charge in [0, 0.05) is 0 Å². The number of rotatable bonds is 6. The lowest BCUT2D eigenvalue weighted by atomic mass is 10.0. The summed E-state index contributed by atoms with van der Waals surface area (Å²) in [5, 5.41) is 0. The molecule has 0 heteroatoms. The molecule has 0 rings (SSSR count). The molecule has 0 saturated heterocycles. The number of hydrogen-bond donors (Lipinski definition) is 0. The molecular weight excluding hydrogens is 132 g/mol. The minimum Gasteiger partial charge on any atom is -0.103 e. The van der Waals surface area contributed by atoms with Crippen LogP contribution >= 0.6 is 0 Å². The van der Waals surface area contributed by atoms with E-state index in [0.717, 1.165) is 12.3 Å². The molecule has 0 aromatic heterocycles. The molecule has 0 aliphatic heterocycles. The Morgan fingerprint density at radius 3 is 2.55 bits per heavy atom. The first kappa shape index (κ1) is 10.5. The van der Waals surface area contributed by atoms with Crippen molar-refractivity contribution >= 4 is 0 Å². The standard InChI is InChI=1S/C11H20/c1-4-7-8-10-11(6-3)9-5-2/h5,8,10-11H,2,4,6-7,9H2,1,3H3/b10-8+. The van der Waals surface area contributed by atoms with Crippen molar-refractivity contribution in [2.24, 2.45) is 5.92 Å². The largest absolute Gasteiger partial charge is 0.103 e. The molecule has 0 aromatic carbocycles. The second kappa shape index (κ2) is 7.59. The highest BCUT2D eigenvalue weighted by Gasteiger charge is 1.96. The van der Waals surface area contributed by atoms with Gasteiger partial charge in [-0.2, -0.15) is 0 Å². The van der Waals surface area contributed by atoms with Crippen LogP contribution in [0.15, 0.2) is 24.8 Å². The Kier molecular flexibility index (Phi) is 7.23. The summed E-state index contributed by atoms with van der Waals surface area (Å²) in [7, 11) is 0. The molecule has 1 unspecified atom stereocenters. The summed E-state index contributed by atoms with van der Waals surface area (Å²) in [6.07, 6.45) is 11.4. The van der Waals surface area contributed by atoms with Crippen LogP contribution in [-0.2, 0) is 0 Å². The zero-order valence-corrected chi connectivity index (χ0v) is 7.84. The highest BCUT2D eigenvalue weighted by atomic mass is 14.0. The molecule has 0 saturated carbocycles. The van der Waals surface area contributed by atoms with Gasteiger partial charge in [-0.3, -0.25) is 0 Å². The summed E-state index contributed by atoms with van der Waals surface area (Å²) in [6.45, 7) is 8.18. The minimum atomic E-state index is 0.721. The molecular formula is C11H20. The van der Waals surface area contributed by atoms with Crippen LogP contribution in [0.5, 0.6) is 0 Å². The number of hydrogen-bond acceptors (Lipinski definition) is 0. The maximum Gasteiger partial charge on any atom is -0.0202 e. The van der Waals surface area contributed by atoms with Gasteiger partial charge in [0.15, 0.2) is 0 Å². The van der Waals surface area contributed by atoms with Crippen molar-refractivity contribution in [2.45, 2.75) is 39.5 Å². The lowest BCUT2D eigenvalue weighted by Gasteiger charge is -2.04. The molecule has 0 aliphatic carbocycles. The molecule has 0 spiro atoms. The van der Waals surface area contributed by atoms with E-state index in [1.807, 2.05) is 6.08 Å². The zero-order valence-electron chi connectivity index (χ0n) is 7.84. The van der Waals surface area contributed by atoms with E-state index in [2.05, 4.69) is 32.6 Å². The maximum atomic E-state index is 3.74. The molecule has 64 valence electrons. The summed E-state index contributed by atoms with van der Waals surface area (Å²) in [5.41, 5.74) is 0. The van der Waals surface area contributed by atoms with Crippen LogP contribution in [0.25, 0.3) is 0 Å². The van der Waals surface area contributed by atoms with Crippen molar-refractivity contribution in [3.63, 3.8) is 0 Å². The fourth-order valence-electron chi connectivity index (χ4n) is 1.05. The maximum absolute atomic E-state index is 3.74. The Morgan fingerprint density at radius 2 is 2.09 bits per heavy atom. The van der Waals surface area contributed by atoms with Crippen LogP contribution in [0.1, 0.15) is 39.5 Å². The zero-order chi connectivity index (χ0) is 8.53. The SMILES string of the molecule is C=CCC(/C=C/CCC)CC. The first-order chi connectivity index (χ1) is 5.35. The third-order valence-corrected chi connectivity index (χ3v) is 1.86. The first-order valence-electron chi connectivity index (χ1n) is 4.62. The summed E-state index contributed by atoms with van der Waals surface area (Å²) >= 11 is 0. The summed E-state index contributed by atoms with van der Waals surface area (Å²) < 4.78 is 0. The van der Waals surface area contributed by atoms with Gasteiger partial charge in [-0.05, 0) is 25.2 Å². The molecule has 0 radical (unpaired) electrons. The van der Waals surface area contributed by atoms with E-state index in [1.165, 1.54) is 19.3 Å². The van der Waals surface area contributed by atoms with Crippen LogP contribution in [0.3, 0.4) is 0 Å². The molecule has 0 amide bonds. The monoisotopic (exact) mass is 152 g/mol. The number of allylic oxidation sites excluding steroid dienone is 3. The second-order valence-corrected chi connectivity index (χ2v) is 2.91. The summed E-state index contributed by atoms with van der Waals surface area (Å²) in [6, 6.07) is 0. The minimum absolute atomic E-state index is 0.721. The van der Waals surface area contributed by atoms with Crippen LogP contribution in [0.2, 0.25) is 0 Å². The second-order valence-electron chi connectivity index (χ2n) is 2.91. The van der Waals surface area contributed by atoms with Gasteiger partial charge in [0.25, 0.3) is 0 Å². The van der Waals surface area contributed by atoms with E-state index >= 15 is 0 Å². The Hall–Kier alpha value is -0.520. The van der Waals surface area contributed by atoms with Gasteiger partial charge in [-0.15, -0.1) is 6.58 Å². The highest BCUT2D eigenvalue weighted by Crippen LogP contribution is 2.10. The van der Waals surface area contributed by atoms with Crippen LogP contribution < -0.4 is 0 Å². The first-order valence-corrected chi connectivity index (χ1v) is 4.62. The molecule has 0 nitrogen and oxygen atoms in total. The average Bonchev–Trinajstić information content (AvgIpc) is 2.03. The van der Waals surface area contributed by atoms with Crippen molar-refractivity contribution in [3.05, 3.63) is 24.8 Å². The molecule has 0 fully saturated rings. The molecule has 1 atom stereocenters. The van der Waals surface area contributed by atoms with E-state index in [4.69, 9.17) is 0 Å². The van der Waals surface area contributed by atoms with Gasteiger partial charge < -0.3 is 0 Å². The predicted octanol–water partition coefficient (Wildman–Crippen LogP) is 3.95. The van der Waals surface area contributed by atoms with Crippen molar-refractivity contribution in [1.82, 2.24) is 0 Å². The van der Waals surface area contributed by atoms with Gasteiger partial charge >= 0.3 is 0 Å². The van der Waals surface area contributed by atoms with E-state index in [9.17, 15) is 0 Å². The van der Waals surface area contributed by atoms with Crippen LogP contribution in [0, 0.1) is 5.92 Å². The normalized spacial score (nSPS) is 13.6. The fraction of sp³-hybridized carbons (Fsp3) is 0.636. The molecule has 0 bridgehead atoms. The van der Waals surface area contributed by atoms with Crippen molar-refractivity contribution in [3.8, 4) is 0 Å². The molecule has 0 aliphatic rings. The van der Waals surface area contributed by atoms with Crippen molar-refractivity contribution in [1.29, 1.82) is 0 Å². The lowest BCUT2D eigenvalue weighted by molar-refractivity contribution is 0.636. The Bertz CT molecular complexity index is 111. The van der Waals surface area contributed by atoms with Crippen molar-refractivity contribution < 1.29 is 0 Å². The molecule has 11 heavy (non-hydrogen) atoms. The van der Waals surface area contributed by atoms with Gasteiger partial charge in [0.2, 0.25) is 0 Å². The summed E-state index contributed by atoms with van der Waals surface area (Å²) in [5.74, 6) is 0.721. The number of unbranched alkanes of at least 4 members (excludes halogenated alkanes) is 1. The Labute approximate surface area is 71.0 Å². The molecule has 0 heterocycles. The van der Waals surface area contributed by atoms with Gasteiger partial charge in [-0.1, -0.05) is 38.5 Å². The van der Waals surface area contributed by atoms with Crippen molar-refractivity contribution in [2.75, 3.05) is 0 Å². The van der Waals surface area contributed by atoms with Crippen LogP contribution in [0.4, 0.5) is 0 Å². The molecule has 0 N–H and O–H groups in total. The van der Waals surface area contributed by atoms with Gasteiger partial charge in [0.05, 0.1) is 0 Å². The Morgan fingerprint density at radius 1 is 1.36 bits per heavy atom. The Balaban J connectivity index is 3.57.